The largest absolute Gasteiger partial charge is 0.360 e. The Morgan fingerprint density at radius 2 is 2.06 bits per heavy atom. The predicted octanol–water partition coefficient (Wildman–Crippen LogP) is 3.51. The van der Waals surface area contributed by atoms with Crippen LogP contribution in [-0.4, -0.2) is 50.7 Å². The molecule has 0 aromatic carbocycles. The summed E-state index contributed by atoms with van der Waals surface area (Å²) in [6.07, 6.45) is 7.33. The lowest BCUT2D eigenvalue weighted by atomic mass is 9.97. The van der Waals surface area contributed by atoms with Gasteiger partial charge in [-0.15, -0.1) is 0 Å². The van der Waals surface area contributed by atoms with Crippen LogP contribution in [0.15, 0.2) is 47.6 Å². The highest BCUT2D eigenvalue weighted by molar-refractivity contribution is 8.18. The van der Waals surface area contributed by atoms with Crippen molar-refractivity contribution in [3.63, 3.8) is 0 Å². The van der Waals surface area contributed by atoms with Crippen molar-refractivity contribution in [1.29, 1.82) is 0 Å². The van der Waals surface area contributed by atoms with Gasteiger partial charge in [-0.3, -0.25) is 14.9 Å². The summed E-state index contributed by atoms with van der Waals surface area (Å²) in [6.45, 7) is 5.53. The molecule has 2 amide bonds. The molecule has 5 rings (SSSR count). The normalized spacial score (nSPS) is 17.9. The molecule has 2 saturated heterocycles. The Labute approximate surface area is 207 Å². The monoisotopic (exact) mass is 489 g/mol. The van der Waals surface area contributed by atoms with Crippen molar-refractivity contribution in [2.75, 3.05) is 24.5 Å². The van der Waals surface area contributed by atoms with Gasteiger partial charge in [-0.2, -0.15) is 0 Å². The lowest BCUT2D eigenvalue weighted by molar-refractivity contribution is -0.115. The maximum absolute atomic E-state index is 11.8. The van der Waals surface area contributed by atoms with Crippen LogP contribution in [0, 0.1) is 12.8 Å². The molecule has 0 unspecified atom stereocenters. The quantitative estimate of drug-likeness (QED) is 0.432. The van der Waals surface area contributed by atoms with E-state index in [1.807, 2.05) is 18.3 Å². The molecular formula is C25H27N7O2S. The van der Waals surface area contributed by atoms with Crippen LogP contribution in [0.5, 0.6) is 0 Å². The minimum absolute atomic E-state index is 0.354. The summed E-state index contributed by atoms with van der Waals surface area (Å²) in [7, 11) is 0. The Morgan fingerprint density at radius 3 is 2.80 bits per heavy atom. The second kappa shape index (κ2) is 10.4. The first-order valence-electron chi connectivity index (χ1n) is 11.7. The molecule has 2 fully saturated rings. The topological polar surface area (TPSA) is 116 Å². The molecule has 0 aliphatic carbocycles. The maximum atomic E-state index is 11.8. The Hall–Kier alpha value is -3.50. The van der Waals surface area contributed by atoms with Crippen LogP contribution in [-0.2, 0) is 11.3 Å². The van der Waals surface area contributed by atoms with Gasteiger partial charge in [-0.1, -0.05) is 0 Å². The molecule has 35 heavy (non-hydrogen) atoms. The van der Waals surface area contributed by atoms with Gasteiger partial charge in [0.1, 0.15) is 0 Å². The van der Waals surface area contributed by atoms with Crippen LogP contribution in [0.1, 0.15) is 29.8 Å². The average molecular weight is 490 g/mol. The molecule has 0 radical (unpaired) electrons. The lowest BCUT2D eigenvalue weighted by Crippen LogP contribution is -2.38. The minimum Gasteiger partial charge on any atom is -0.360 e. The number of imide groups is 1. The van der Waals surface area contributed by atoms with Crippen LogP contribution in [0.4, 0.5) is 10.7 Å². The summed E-state index contributed by atoms with van der Waals surface area (Å²) in [5.41, 5.74) is 4.87. The number of hydrogen-bond acceptors (Lipinski definition) is 8. The van der Waals surface area contributed by atoms with E-state index in [0.717, 1.165) is 67.9 Å². The van der Waals surface area contributed by atoms with Crippen LogP contribution in [0.3, 0.4) is 0 Å². The SMILES string of the molecule is Cc1cc(CNCC2CCN(c3nccc(C=C4SC(=O)NC4=O)n3)CC2)nc(-c2ccc[nH]2)c1. The molecule has 3 aromatic rings. The Bertz CT molecular complexity index is 1250. The molecule has 2 aliphatic heterocycles. The number of aryl methyl sites for hydroxylation is 1. The van der Waals surface area contributed by atoms with E-state index < -0.39 is 0 Å². The molecule has 3 aromatic heterocycles. The predicted molar refractivity (Wildman–Crippen MR) is 137 cm³/mol. The van der Waals surface area contributed by atoms with Crippen LogP contribution >= 0.6 is 11.8 Å². The van der Waals surface area contributed by atoms with E-state index in [1.165, 1.54) is 5.56 Å². The Balaban J connectivity index is 1.12. The van der Waals surface area contributed by atoms with E-state index in [4.69, 9.17) is 4.98 Å². The number of anilines is 1. The van der Waals surface area contributed by atoms with Crippen molar-refractivity contribution in [2.45, 2.75) is 26.3 Å². The molecular weight excluding hydrogens is 462 g/mol. The van der Waals surface area contributed by atoms with Crippen molar-refractivity contribution < 1.29 is 9.59 Å². The maximum Gasteiger partial charge on any atom is 0.290 e. The Morgan fingerprint density at radius 1 is 1.20 bits per heavy atom. The number of H-pyrrole nitrogens is 1. The molecule has 5 heterocycles. The van der Waals surface area contributed by atoms with Gasteiger partial charge in [0.2, 0.25) is 5.95 Å². The van der Waals surface area contributed by atoms with E-state index in [1.54, 1.807) is 18.3 Å². The van der Waals surface area contributed by atoms with E-state index in [2.05, 4.69) is 49.5 Å². The molecule has 2 aliphatic rings. The smallest absolute Gasteiger partial charge is 0.290 e. The fourth-order valence-corrected chi connectivity index (χ4v) is 5.02. The highest BCUT2D eigenvalue weighted by atomic mass is 32.2. The third-order valence-corrected chi connectivity index (χ3v) is 6.93. The van der Waals surface area contributed by atoms with Gasteiger partial charge in [0.05, 0.1) is 27.7 Å². The second-order valence-electron chi connectivity index (χ2n) is 8.80. The molecule has 0 atom stereocenters. The fraction of sp³-hybridized carbons (Fsp3) is 0.320. The number of rotatable bonds is 7. The van der Waals surface area contributed by atoms with E-state index >= 15 is 0 Å². The van der Waals surface area contributed by atoms with Crippen molar-refractivity contribution in [3.05, 3.63) is 64.6 Å². The summed E-state index contributed by atoms with van der Waals surface area (Å²) in [5.74, 6) is 0.852. The highest BCUT2D eigenvalue weighted by Gasteiger charge is 2.25. The zero-order valence-electron chi connectivity index (χ0n) is 19.5. The van der Waals surface area contributed by atoms with Crippen LogP contribution in [0.25, 0.3) is 17.5 Å². The molecule has 0 spiro atoms. The number of nitrogens with zero attached hydrogens (tertiary/aromatic N) is 4. The van der Waals surface area contributed by atoms with E-state index in [9.17, 15) is 9.59 Å². The number of hydrogen-bond donors (Lipinski definition) is 3. The standard InChI is InChI=1S/C25H27N7O2S/c1-16-11-19(29-21(12-16)20-3-2-7-27-20)15-26-14-17-5-9-32(10-6-17)24-28-8-4-18(30-24)13-22-23(33)31-25(34)35-22/h2-4,7-8,11-13,17,26-27H,5-6,9-10,14-15H2,1H3,(H,31,33,34). The van der Waals surface area contributed by atoms with Crippen molar-refractivity contribution >= 4 is 34.9 Å². The lowest BCUT2D eigenvalue weighted by Gasteiger charge is -2.32. The number of nitrogens with one attached hydrogen (secondary N) is 3. The summed E-state index contributed by atoms with van der Waals surface area (Å²) >= 11 is 0.891. The van der Waals surface area contributed by atoms with E-state index in [-0.39, 0.29) is 11.1 Å². The number of amides is 2. The fourth-order valence-electron chi connectivity index (χ4n) is 4.35. The number of aromatic nitrogens is 4. The van der Waals surface area contributed by atoms with Crippen LogP contribution < -0.4 is 15.5 Å². The molecule has 0 bridgehead atoms. The first-order valence-corrected chi connectivity index (χ1v) is 12.5. The zero-order chi connectivity index (χ0) is 24.2. The minimum atomic E-state index is -0.380. The first-order chi connectivity index (χ1) is 17.0. The molecule has 9 nitrogen and oxygen atoms in total. The summed E-state index contributed by atoms with van der Waals surface area (Å²) in [5, 5.41) is 5.49. The van der Waals surface area contributed by atoms with Gasteiger partial charge in [-0.05, 0) is 86.0 Å². The number of pyridine rings is 1. The van der Waals surface area contributed by atoms with Crippen LogP contribution in [0.2, 0.25) is 0 Å². The second-order valence-corrected chi connectivity index (χ2v) is 9.81. The third-order valence-electron chi connectivity index (χ3n) is 6.12. The number of piperidine rings is 1. The molecule has 0 saturated carbocycles. The number of carbonyl (C=O) groups is 2. The van der Waals surface area contributed by atoms with E-state index in [0.29, 0.717) is 22.5 Å². The summed E-state index contributed by atoms with van der Waals surface area (Å²) in [6, 6.07) is 9.99. The number of thioether (sulfide) groups is 1. The zero-order valence-corrected chi connectivity index (χ0v) is 20.3. The van der Waals surface area contributed by atoms with Gasteiger partial charge < -0.3 is 15.2 Å². The summed E-state index contributed by atoms with van der Waals surface area (Å²) < 4.78 is 0. The summed E-state index contributed by atoms with van der Waals surface area (Å²) in [4.78, 5) is 42.7. The van der Waals surface area contributed by atoms with Gasteiger partial charge in [-0.25, -0.2) is 15.0 Å². The first kappa shape index (κ1) is 23.3. The van der Waals surface area contributed by atoms with Gasteiger partial charge in [0.25, 0.3) is 11.1 Å². The van der Waals surface area contributed by atoms with Gasteiger partial charge >= 0.3 is 0 Å². The van der Waals surface area contributed by atoms with Crippen molar-refractivity contribution in [2.24, 2.45) is 5.92 Å². The molecule has 180 valence electrons. The van der Waals surface area contributed by atoms with Crippen molar-refractivity contribution in [1.82, 2.24) is 30.6 Å². The Kier molecular flexibility index (Phi) is 6.91. The molecule has 3 N–H and O–H groups in total. The molecule has 10 heteroatoms. The number of aromatic amines is 1. The average Bonchev–Trinajstić information content (AvgIpc) is 3.49. The van der Waals surface area contributed by atoms with Gasteiger partial charge in [0.15, 0.2) is 0 Å². The third kappa shape index (κ3) is 5.77. The van der Waals surface area contributed by atoms with Gasteiger partial charge in [0, 0.05) is 32.0 Å². The number of carbonyl (C=O) groups excluding carboxylic acids is 2. The van der Waals surface area contributed by atoms with Crippen molar-refractivity contribution in [3.8, 4) is 11.4 Å². The highest BCUT2D eigenvalue weighted by Crippen LogP contribution is 2.26.